The van der Waals surface area contributed by atoms with Gasteiger partial charge in [-0.15, -0.1) is 27.6 Å². The van der Waals surface area contributed by atoms with Crippen LogP contribution in [0.3, 0.4) is 0 Å². The number of carbonyl (C=O) groups excluding carboxylic acids is 2. The molecule has 0 unspecified atom stereocenters. The summed E-state index contributed by atoms with van der Waals surface area (Å²) in [6.07, 6.45) is -0.130. The summed E-state index contributed by atoms with van der Waals surface area (Å²) in [5, 5.41) is 7.35. The minimum absolute atomic E-state index is 0.174. The third kappa shape index (κ3) is 7.96. The Bertz CT molecular complexity index is 1580. The Labute approximate surface area is 245 Å². The lowest BCUT2D eigenvalue weighted by Gasteiger charge is -2.31. The summed E-state index contributed by atoms with van der Waals surface area (Å²) in [6, 6.07) is 18.2. The second-order valence-corrected chi connectivity index (χ2v) is 12.1. The van der Waals surface area contributed by atoms with Gasteiger partial charge < -0.3 is 15.0 Å². The molecule has 0 bridgehead atoms. The summed E-state index contributed by atoms with van der Waals surface area (Å²) in [5.41, 5.74) is 2.49. The van der Waals surface area contributed by atoms with Gasteiger partial charge in [0.25, 0.3) is 0 Å². The van der Waals surface area contributed by atoms with E-state index < -0.39 is 28.4 Å². The second-order valence-electron chi connectivity index (χ2n) is 8.95. The van der Waals surface area contributed by atoms with Crippen molar-refractivity contribution in [3.63, 3.8) is 0 Å². The lowest BCUT2D eigenvalue weighted by molar-refractivity contribution is -0.134. The maximum absolute atomic E-state index is 13.9. The zero-order chi connectivity index (χ0) is 29.4. The van der Waals surface area contributed by atoms with E-state index in [1.54, 1.807) is 35.4 Å². The van der Waals surface area contributed by atoms with Crippen LogP contribution in [0, 0.1) is 4.91 Å². The Hall–Kier alpha value is -4.14. The fourth-order valence-corrected chi connectivity index (χ4v) is 6.29. The van der Waals surface area contributed by atoms with E-state index in [0.29, 0.717) is 12.1 Å². The highest BCUT2D eigenvalue weighted by molar-refractivity contribution is 7.91. The van der Waals surface area contributed by atoms with Crippen LogP contribution in [-0.4, -0.2) is 50.5 Å². The van der Waals surface area contributed by atoms with Gasteiger partial charge in [0.2, 0.25) is 5.91 Å². The van der Waals surface area contributed by atoms with Gasteiger partial charge >= 0.3 is 16.3 Å². The van der Waals surface area contributed by atoms with Crippen LogP contribution in [0.15, 0.2) is 82.1 Å². The standard InChI is InChI=1S/C27H27N5O6S3/c1-32(26(33)21(29-27(34)38-2)15-18-7-4-3-5-8-18)23(22-17-40-25(28-22)24-9-6-14-39-24)16-19-10-12-20(13-11-19)30-41(36,37)31-35/h3-14,17,21,23,30H,15-16H2,1-2H3,(H,29,34)/t21-,23-/m0/s1. The Balaban J connectivity index is 1.64. The summed E-state index contributed by atoms with van der Waals surface area (Å²) in [4.78, 5) is 44.0. The van der Waals surface area contributed by atoms with Gasteiger partial charge in [-0.05, 0) is 41.1 Å². The van der Waals surface area contributed by atoms with Crippen molar-refractivity contribution < 1.29 is 22.7 Å². The highest BCUT2D eigenvalue weighted by Crippen LogP contribution is 2.33. The molecule has 2 N–H and O–H groups in total. The molecule has 0 spiro atoms. The number of nitrogens with zero attached hydrogens (tertiary/aromatic N) is 3. The molecule has 0 saturated heterocycles. The summed E-state index contributed by atoms with van der Waals surface area (Å²) in [5.74, 6) is -0.337. The average molecular weight is 614 g/mol. The maximum Gasteiger partial charge on any atom is 0.407 e. The van der Waals surface area contributed by atoms with Crippen LogP contribution >= 0.6 is 22.7 Å². The molecule has 2 aromatic heterocycles. The quantitative estimate of drug-likeness (QED) is 0.214. The van der Waals surface area contributed by atoms with Crippen LogP contribution in [0.5, 0.6) is 0 Å². The molecule has 214 valence electrons. The van der Waals surface area contributed by atoms with E-state index in [1.807, 2.05) is 53.2 Å². The van der Waals surface area contributed by atoms with Crippen LogP contribution < -0.4 is 10.0 Å². The van der Waals surface area contributed by atoms with Crippen molar-refractivity contribution in [3.8, 4) is 9.88 Å². The van der Waals surface area contributed by atoms with Crippen molar-refractivity contribution in [1.29, 1.82) is 0 Å². The topological polar surface area (TPSA) is 147 Å². The highest BCUT2D eigenvalue weighted by Gasteiger charge is 2.31. The van der Waals surface area contributed by atoms with Crippen molar-refractivity contribution in [2.75, 3.05) is 18.9 Å². The Morgan fingerprint density at radius 2 is 1.71 bits per heavy atom. The Morgan fingerprint density at radius 3 is 2.34 bits per heavy atom. The molecule has 2 aromatic carbocycles. The monoisotopic (exact) mass is 613 g/mol. The molecule has 2 heterocycles. The molecule has 14 heteroatoms. The molecule has 0 aliphatic heterocycles. The first-order chi connectivity index (χ1) is 19.7. The normalized spacial score (nSPS) is 12.6. The number of methoxy groups -OCH3 is 1. The van der Waals surface area contributed by atoms with Gasteiger partial charge in [0.1, 0.15) is 11.0 Å². The molecule has 0 saturated carbocycles. The second kappa shape index (κ2) is 13.5. The number of amides is 2. The molecule has 0 aliphatic carbocycles. The van der Waals surface area contributed by atoms with Crippen LogP contribution in [0.25, 0.3) is 9.88 Å². The number of thiazole rings is 1. The number of carbonyl (C=O) groups is 2. The van der Waals surface area contributed by atoms with Crippen LogP contribution in [-0.2, 0) is 32.6 Å². The van der Waals surface area contributed by atoms with Crippen molar-refractivity contribution in [3.05, 3.63) is 99.2 Å². The van der Waals surface area contributed by atoms with Gasteiger partial charge in [0.15, 0.2) is 0 Å². The molecule has 2 atom stereocenters. The van der Waals surface area contributed by atoms with Gasteiger partial charge in [0.05, 0.1) is 34.0 Å². The first-order valence-corrected chi connectivity index (χ1v) is 15.5. The number of alkyl carbamates (subject to hydrolysis) is 1. The first kappa shape index (κ1) is 29.8. The number of ether oxygens (including phenoxy) is 1. The Kier molecular flexibility index (Phi) is 9.81. The van der Waals surface area contributed by atoms with Gasteiger partial charge in [-0.1, -0.05) is 48.5 Å². The Morgan fingerprint density at radius 1 is 1.00 bits per heavy atom. The fraction of sp³-hybridized carbons (Fsp3) is 0.222. The van der Waals surface area contributed by atoms with E-state index in [4.69, 9.17) is 9.72 Å². The average Bonchev–Trinajstić information content (AvgIpc) is 3.69. The van der Waals surface area contributed by atoms with E-state index in [9.17, 15) is 22.9 Å². The minimum atomic E-state index is -4.33. The van der Waals surface area contributed by atoms with E-state index in [1.165, 1.54) is 30.6 Å². The van der Waals surface area contributed by atoms with E-state index in [-0.39, 0.29) is 18.0 Å². The number of nitroso groups, excluding NO2 is 1. The highest BCUT2D eigenvalue weighted by atomic mass is 32.2. The van der Waals surface area contributed by atoms with Crippen LogP contribution in [0.1, 0.15) is 22.9 Å². The van der Waals surface area contributed by atoms with Crippen molar-refractivity contribution in [1.82, 2.24) is 15.2 Å². The van der Waals surface area contributed by atoms with Gasteiger partial charge in [-0.2, -0.15) is 8.42 Å². The number of anilines is 1. The number of nitrogens with one attached hydrogen (secondary N) is 2. The number of hydrogen-bond donors (Lipinski definition) is 2. The van der Waals surface area contributed by atoms with E-state index in [2.05, 4.69) is 14.6 Å². The van der Waals surface area contributed by atoms with E-state index in [0.717, 1.165) is 21.0 Å². The van der Waals surface area contributed by atoms with Crippen molar-refractivity contribution in [2.45, 2.75) is 24.9 Å². The summed E-state index contributed by atoms with van der Waals surface area (Å²) in [6.45, 7) is 0. The number of hydrogen-bond acceptors (Lipinski definition) is 9. The summed E-state index contributed by atoms with van der Waals surface area (Å²) < 4.78 is 31.9. The number of aromatic nitrogens is 1. The SMILES string of the molecule is COC(=O)N[C@@H](Cc1ccccc1)C(=O)N(C)[C@@H](Cc1ccc(NS(=O)(=O)N=O)cc1)c1csc(-c2cccs2)n1. The molecule has 0 fully saturated rings. The number of benzene rings is 2. The van der Waals surface area contributed by atoms with Crippen LogP contribution in [0.4, 0.5) is 10.5 Å². The van der Waals surface area contributed by atoms with E-state index >= 15 is 0 Å². The number of likely N-dealkylation sites (N-methyl/N-ethyl adjacent to an activating group) is 1. The zero-order valence-electron chi connectivity index (χ0n) is 22.1. The van der Waals surface area contributed by atoms with Crippen molar-refractivity contribution in [2.24, 2.45) is 4.58 Å². The summed E-state index contributed by atoms with van der Waals surface area (Å²) in [7, 11) is -1.43. The predicted molar refractivity (Wildman–Crippen MR) is 159 cm³/mol. The van der Waals surface area contributed by atoms with Crippen LogP contribution in [0.2, 0.25) is 0 Å². The molecule has 0 radical (unpaired) electrons. The maximum atomic E-state index is 13.9. The fourth-order valence-electron chi connectivity index (χ4n) is 4.14. The molecule has 4 aromatic rings. The third-order valence-electron chi connectivity index (χ3n) is 6.20. The summed E-state index contributed by atoms with van der Waals surface area (Å²) >= 11 is 3.03. The number of thiophene rings is 1. The number of rotatable bonds is 12. The zero-order valence-corrected chi connectivity index (χ0v) is 24.5. The lowest BCUT2D eigenvalue weighted by Crippen LogP contribution is -2.49. The predicted octanol–water partition coefficient (Wildman–Crippen LogP) is 5.00. The molecule has 2 amide bonds. The smallest absolute Gasteiger partial charge is 0.407 e. The third-order valence-corrected chi connectivity index (χ3v) is 8.79. The van der Waals surface area contributed by atoms with Gasteiger partial charge in [-0.3, -0.25) is 9.52 Å². The van der Waals surface area contributed by atoms with Gasteiger partial charge in [0, 0.05) is 18.8 Å². The van der Waals surface area contributed by atoms with Crippen molar-refractivity contribution >= 4 is 50.6 Å². The molecule has 0 aliphatic rings. The first-order valence-electron chi connectivity index (χ1n) is 12.3. The van der Waals surface area contributed by atoms with Gasteiger partial charge in [-0.25, -0.2) is 9.78 Å². The largest absolute Gasteiger partial charge is 0.453 e. The molecular weight excluding hydrogens is 587 g/mol. The molecule has 11 nitrogen and oxygen atoms in total. The molecule has 4 rings (SSSR count). The minimum Gasteiger partial charge on any atom is -0.453 e. The lowest BCUT2D eigenvalue weighted by atomic mass is 10.00. The molecule has 41 heavy (non-hydrogen) atoms. The molecular formula is C27H27N5O6S3.